The summed E-state index contributed by atoms with van der Waals surface area (Å²) in [5.74, 6) is -0.00856. The quantitative estimate of drug-likeness (QED) is 0.804. The van der Waals surface area contributed by atoms with Gasteiger partial charge in [0, 0.05) is 31.0 Å². The van der Waals surface area contributed by atoms with E-state index in [2.05, 4.69) is 22.4 Å². The Hall–Kier alpha value is -3.14. The maximum Gasteiger partial charge on any atom is 0.267 e. The molecule has 0 unspecified atom stereocenters. The number of benzene rings is 1. The van der Waals surface area contributed by atoms with Crippen molar-refractivity contribution < 1.29 is 4.79 Å². The van der Waals surface area contributed by atoms with Crippen LogP contribution in [0.2, 0.25) is 0 Å². The molecule has 0 saturated heterocycles. The molecule has 3 heterocycles. The molecular formula is C20H17N3O. The van der Waals surface area contributed by atoms with E-state index in [1.807, 2.05) is 59.3 Å². The molecule has 1 amide bonds. The van der Waals surface area contributed by atoms with Gasteiger partial charge in [0.2, 0.25) is 0 Å². The highest BCUT2D eigenvalue weighted by atomic mass is 16.2. The van der Waals surface area contributed by atoms with Crippen molar-refractivity contribution in [3.8, 4) is 11.1 Å². The lowest BCUT2D eigenvalue weighted by atomic mass is 10.1. The molecule has 3 aromatic rings. The Kier molecular flexibility index (Phi) is 3.71. The molecular weight excluding hydrogens is 298 g/mol. The van der Waals surface area contributed by atoms with Gasteiger partial charge in [-0.2, -0.15) is 0 Å². The Balaban J connectivity index is 1.63. The lowest BCUT2D eigenvalue weighted by Gasteiger charge is -2.14. The zero-order chi connectivity index (χ0) is 16.4. The third kappa shape index (κ3) is 2.86. The van der Waals surface area contributed by atoms with Crippen LogP contribution in [0.3, 0.4) is 0 Å². The van der Waals surface area contributed by atoms with Crippen LogP contribution in [0.4, 0.5) is 0 Å². The fourth-order valence-electron chi connectivity index (χ4n) is 2.89. The standard InChI is InChI=1S/C20H17N3O/c24-20-19-13-17(14-23(19)11-10-22-20)16-8-9-21-18(12-16)7-6-15-4-2-1-3-5-15/h1-9,12-14H,10-11H2,(H,22,24). The van der Waals surface area contributed by atoms with Crippen LogP contribution in [0.25, 0.3) is 23.3 Å². The minimum atomic E-state index is -0.00856. The normalized spacial score (nSPS) is 13.8. The molecule has 0 saturated carbocycles. The van der Waals surface area contributed by atoms with Crippen molar-refractivity contribution in [2.24, 2.45) is 0 Å². The van der Waals surface area contributed by atoms with E-state index >= 15 is 0 Å². The number of hydrogen-bond acceptors (Lipinski definition) is 2. The van der Waals surface area contributed by atoms with Gasteiger partial charge < -0.3 is 9.88 Å². The zero-order valence-corrected chi connectivity index (χ0v) is 13.1. The van der Waals surface area contributed by atoms with E-state index < -0.39 is 0 Å². The van der Waals surface area contributed by atoms with Gasteiger partial charge >= 0.3 is 0 Å². The molecule has 1 N–H and O–H groups in total. The first-order valence-corrected chi connectivity index (χ1v) is 7.97. The summed E-state index contributed by atoms with van der Waals surface area (Å²) >= 11 is 0. The number of nitrogens with one attached hydrogen (secondary N) is 1. The number of carbonyl (C=O) groups excluding carboxylic acids is 1. The third-order valence-corrected chi connectivity index (χ3v) is 4.13. The van der Waals surface area contributed by atoms with E-state index in [1.165, 1.54) is 0 Å². The SMILES string of the molecule is O=C1NCCn2cc(-c3ccnc(C=Cc4ccccc4)c3)cc21. The highest BCUT2D eigenvalue weighted by molar-refractivity contribution is 5.95. The molecule has 1 aliphatic heterocycles. The summed E-state index contributed by atoms with van der Waals surface area (Å²) in [5.41, 5.74) is 4.85. The van der Waals surface area contributed by atoms with Gasteiger partial charge in [0.25, 0.3) is 5.91 Å². The van der Waals surface area contributed by atoms with Crippen LogP contribution < -0.4 is 5.32 Å². The molecule has 4 heteroatoms. The second-order valence-corrected chi connectivity index (χ2v) is 5.78. The molecule has 118 valence electrons. The van der Waals surface area contributed by atoms with Gasteiger partial charge in [0.15, 0.2) is 0 Å². The van der Waals surface area contributed by atoms with E-state index in [9.17, 15) is 4.79 Å². The first-order chi connectivity index (χ1) is 11.8. The number of hydrogen-bond donors (Lipinski definition) is 1. The fourth-order valence-corrected chi connectivity index (χ4v) is 2.89. The minimum absolute atomic E-state index is 0.00856. The first kappa shape index (κ1) is 14.5. The number of carbonyl (C=O) groups is 1. The second-order valence-electron chi connectivity index (χ2n) is 5.78. The summed E-state index contributed by atoms with van der Waals surface area (Å²) in [6.45, 7) is 1.49. The first-order valence-electron chi connectivity index (χ1n) is 7.97. The van der Waals surface area contributed by atoms with Crippen molar-refractivity contribution in [2.45, 2.75) is 6.54 Å². The Labute approximate surface area is 140 Å². The van der Waals surface area contributed by atoms with Crippen molar-refractivity contribution in [1.82, 2.24) is 14.9 Å². The number of aromatic nitrogens is 2. The molecule has 0 atom stereocenters. The predicted octanol–water partition coefficient (Wildman–Crippen LogP) is 3.46. The summed E-state index contributed by atoms with van der Waals surface area (Å²) in [6, 6.07) is 16.1. The number of amides is 1. The molecule has 0 aliphatic carbocycles. The monoisotopic (exact) mass is 315 g/mol. The number of nitrogens with zero attached hydrogens (tertiary/aromatic N) is 2. The molecule has 0 radical (unpaired) electrons. The Morgan fingerprint density at radius 1 is 1.04 bits per heavy atom. The maximum atomic E-state index is 11.9. The van der Waals surface area contributed by atoms with Gasteiger partial charge in [-0.05, 0) is 35.4 Å². The fraction of sp³-hybridized carbons (Fsp3) is 0.100. The summed E-state index contributed by atoms with van der Waals surface area (Å²) < 4.78 is 2.01. The number of fused-ring (bicyclic) bond motifs is 1. The summed E-state index contributed by atoms with van der Waals surface area (Å²) in [4.78, 5) is 16.3. The molecule has 2 aromatic heterocycles. The molecule has 0 bridgehead atoms. The Morgan fingerprint density at radius 3 is 2.75 bits per heavy atom. The summed E-state index contributed by atoms with van der Waals surface area (Å²) in [5, 5.41) is 2.87. The molecule has 0 fully saturated rings. The van der Waals surface area contributed by atoms with Crippen LogP contribution in [0.15, 0.2) is 60.9 Å². The van der Waals surface area contributed by atoms with Gasteiger partial charge in [0.1, 0.15) is 5.69 Å². The summed E-state index contributed by atoms with van der Waals surface area (Å²) in [6.07, 6.45) is 7.89. The lowest BCUT2D eigenvalue weighted by molar-refractivity contribution is 0.0928. The largest absolute Gasteiger partial charge is 0.349 e. The van der Waals surface area contributed by atoms with Gasteiger partial charge in [-0.3, -0.25) is 9.78 Å². The second kappa shape index (κ2) is 6.16. The van der Waals surface area contributed by atoms with Crippen molar-refractivity contribution in [2.75, 3.05) is 6.54 Å². The third-order valence-electron chi connectivity index (χ3n) is 4.13. The van der Waals surface area contributed by atoms with Crippen molar-refractivity contribution in [1.29, 1.82) is 0 Å². The minimum Gasteiger partial charge on any atom is -0.349 e. The highest BCUT2D eigenvalue weighted by Gasteiger charge is 2.18. The molecule has 1 aromatic carbocycles. The van der Waals surface area contributed by atoms with Gasteiger partial charge in [0.05, 0.1) is 5.69 Å². The van der Waals surface area contributed by atoms with Crippen LogP contribution in [0.1, 0.15) is 21.7 Å². The van der Waals surface area contributed by atoms with Gasteiger partial charge in [-0.25, -0.2) is 0 Å². The van der Waals surface area contributed by atoms with Crippen molar-refractivity contribution >= 4 is 18.1 Å². The van der Waals surface area contributed by atoms with E-state index in [4.69, 9.17) is 0 Å². The maximum absolute atomic E-state index is 11.9. The van der Waals surface area contributed by atoms with Crippen molar-refractivity contribution in [3.05, 3.63) is 77.9 Å². The smallest absolute Gasteiger partial charge is 0.267 e. The number of rotatable bonds is 3. The van der Waals surface area contributed by atoms with Crippen molar-refractivity contribution in [3.63, 3.8) is 0 Å². The summed E-state index contributed by atoms with van der Waals surface area (Å²) in [7, 11) is 0. The van der Waals surface area contributed by atoms with Crippen LogP contribution in [-0.4, -0.2) is 22.0 Å². The average Bonchev–Trinajstić information content (AvgIpc) is 3.07. The van der Waals surface area contributed by atoms with E-state index in [0.717, 1.165) is 34.6 Å². The molecule has 4 rings (SSSR count). The molecule has 0 spiro atoms. The van der Waals surface area contributed by atoms with Crippen LogP contribution in [-0.2, 0) is 6.54 Å². The predicted molar refractivity (Wildman–Crippen MR) is 95.4 cm³/mol. The zero-order valence-electron chi connectivity index (χ0n) is 13.1. The lowest BCUT2D eigenvalue weighted by Crippen LogP contribution is -2.34. The topological polar surface area (TPSA) is 46.9 Å². The van der Waals surface area contributed by atoms with Crippen LogP contribution >= 0.6 is 0 Å². The van der Waals surface area contributed by atoms with Crippen LogP contribution in [0.5, 0.6) is 0 Å². The average molecular weight is 315 g/mol. The van der Waals surface area contributed by atoms with Gasteiger partial charge in [-0.15, -0.1) is 0 Å². The molecule has 4 nitrogen and oxygen atoms in total. The number of pyridine rings is 1. The van der Waals surface area contributed by atoms with Crippen LogP contribution in [0, 0.1) is 0 Å². The highest BCUT2D eigenvalue weighted by Crippen LogP contribution is 2.24. The van der Waals surface area contributed by atoms with E-state index in [-0.39, 0.29) is 5.91 Å². The Bertz CT molecular complexity index is 910. The van der Waals surface area contributed by atoms with E-state index in [1.54, 1.807) is 6.20 Å². The molecule has 24 heavy (non-hydrogen) atoms. The van der Waals surface area contributed by atoms with E-state index in [0.29, 0.717) is 6.54 Å². The van der Waals surface area contributed by atoms with Gasteiger partial charge in [-0.1, -0.05) is 36.4 Å². The molecule has 1 aliphatic rings. The Morgan fingerprint density at radius 2 is 1.92 bits per heavy atom.